The number of ether oxygens (including phenoxy) is 5. The number of hydrogen-bond acceptors (Lipinski definition) is 11. The molecule has 1 saturated heterocycles. The second-order valence-electron chi connectivity index (χ2n) is 19.5. The number of hydrogen-bond donors (Lipinski definition) is 3. The molecule has 0 bridgehead atoms. The van der Waals surface area contributed by atoms with Crippen molar-refractivity contribution in [1.29, 1.82) is 0 Å². The van der Waals surface area contributed by atoms with Crippen LogP contribution in [0.25, 0.3) is 0 Å². The quantitative estimate of drug-likeness (QED) is 0.0228. The summed E-state index contributed by atoms with van der Waals surface area (Å²) in [6.45, 7) is 5.69. The van der Waals surface area contributed by atoms with E-state index >= 15 is 0 Å². The van der Waals surface area contributed by atoms with Crippen molar-refractivity contribution in [2.45, 2.75) is 263 Å². The first-order chi connectivity index (χ1) is 36.6. The van der Waals surface area contributed by atoms with E-state index in [4.69, 9.17) is 23.7 Å². The van der Waals surface area contributed by atoms with E-state index in [1.807, 2.05) is 0 Å². The highest BCUT2D eigenvalue weighted by atomic mass is 16.7. The molecule has 6 atom stereocenters. The van der Waals surface area contributed by atoms with Gasteiger partial charge in [-0.1, -0.05) is 189 Å². The topological polar surface area (TPSA) is 175 Å². The van der Waals surface area contributed by atoms with Gasteiger partial charge in [-0.3, -0.25) is 14.4 Å². The van der Waals surface area contributed by atoms with Gasteiger partial charge in [-0.25, -0.2) is 4.79 Å². The summed E-state index contributed by atoms with van der Waals surface area (Å²) in [4.78, 5) is 51.1. The van der Waals surface area contributed by atoms with Crippen molar-refractivity contribution in [3.8, 4) is 0 Å². The van der Waals surface area contributed by atoms with Crippen molar-refractivity contribution in [3.05, 3.63) is 97.2 Å². The Morgan fingerprint density at radius 3 is 1.31 bits per heavy atom. The number of allylic oxidation sites excluding steroid dienone is 16. The third-order valence-electron chi connectivity index (χ3n) is 12.6. The molecule has 1 heterocycles. The minimum Gasteiger partial charge on any atom is -0.479 e. The van der Waals surface area contributed by atoms with Crippen molar-refractivity contribution in [3.63, 3.8) is 0 Å². The predicted octanol–water partition coefficient (Wildman–Crippen LogP) is 14.9. The van der Waals surface area contributed by atoms with Crippen LogP contribution < -0.4 is 0 Å². The largest absolute Gasteiger partial charge is 0.479 e. The molecule has 0 aromatic rings. The van der Waals surface area contributed by atoms with Gasteiger partial charge in [0.2, 0.25) is 0 Å². The Labute approximate surface area is 453 Å². The molecule has 0 radical (unpaired) electrons. The van der Waals surface area contributed by atoms with Crippen LogP contribution in [-0.4, -0.2) is 89.2 Å². The molecule has 0 amide bonds. The smallest absolute Gasteiger partial charge is 0.335 e. The van der Waals surface area contributed by atoms with Gasteiger partial charge in [0.05, 0.1) is 6.61 Å². The van der Waals surface area contributed by atoms with Gasteiger partial charge in [-0.15, -0.1) is 0 Å². The first-order valence-corrected chi connectivity index (χ1v) is 29.2. The monoisotopic (exact) mass is 1050 g/mol. The van der Waals surface area contributed by atoms with E-state index in [9.17, 15) is 34.5 Å². The summed E-state index contributed by atoms with van der Waals surface area (Å²) < 4.78 is 28.4. The van der Waals surface area contributed by atoms with E-state index < -0.39 is 67.3 Å². The second-order valence-corrected chi connectivity index (χ2v) is 19.5. The average molecular weight is 1050 g/mol. The van der Waals surface area contributed by atoms with Crippen LogP contribution in [0.3, 0.4) is 0 Å². The van der Waals surface area contributed by atoms with Gasteiger partial charge in [0.25, 0.3) is 0 Å². The van der Waals surface area contributed by atoms with Crippen LogP contribution in [-0.2, 0) is 42.9 Å². The molecule has 1 rings (SSSR count). The number of aliphatic carboxylic acids is 1. The number of carbonyl (C=O) groups excluding carboxylic acids is 3. The third-order valence-corrected chi connectivity index (χ3v) is 12.6. The Hall–Kier alpha value is -4.36. The highest BCUT2D eigenvalue weighted by Gasteiger charge is 2.50. The lowest BCUT2D eigenvalue weighted by Crippen LogP contribution is -2.61. The minimum absolute atomic E-state index is 0.0414. The van der Waals surface area contributed by atoms with E-state index in [0.29, 0.717) is 19.3 Å². The number of carboxylic acid groups (broad SMARTS) is 1. The summed E-state index contributed by atoms with van der Waals surface area (Å²) in [6, 6.07) is 0. The van der Waals surface area contributed by atoms with Crippen molar-refractivity contribution in [2.75, 3.05) is 13.2 Å². The molecule has 0 aromatic carbocycles. The summed E-state index contributed by atoms with van der Waals surface area (Å²) >= 11 is 0. The molecule has 0 saturated carbocycles. The van der Waals surface area contributed by atoms with Crippen LogP contribution in [0.1, 0.15) is 226 Å². The Balaban J connectivity index is 2.71. The molecule has 0 spiro atoms. The molecule has 75 heavy (non-hydrogen) atoms. The number of rotatable bonds is 48. The fourth-order valence-electron chi connectivity index (χ4n) is 8.19. The molecule has 426 valence electrons. The van der Waals surface area contributed by atoms with E-state index in [0.717, 1.165) is 141 Å². The molecular weight excluding hydrogens is 949 g/mol. The van der Waals surface area contributed by atoms with Gasteiger partial charge >= 0.3 is 23.9 Å². The summed E-state index contributed by atoms with van der Waals surface area (Å²) in [5, 5.41) is 31.4. The Morgan fingerprint density at radius 1 is 0.453 bits per heavy atom. The van der Waals surface area contributed by atoms with Crippen LogP contribution in [0.5, 0.6) is 0 Å². The molecule has 6 unspecified atom stereocenters. The molecule has 0 aromatic heterocycles. The lowest BCUT2D eigenvalue weighted by molar-refractivity contribution is -0.301. The molecule has 1 aliphatic heterocycles. The standard InChI is InChI=1S/C63H102O12/c1-4-7-10-13-16-19-22-25-26-27-28-29-30-33-34-37-40-43-46-49-55(64)71-52-54(73-56(65)50-47-44-41-38-35-31-23-20-17-14-11-8-5-2)53-72-63-61(59(68)58(67)60(75-63)62(69)70)74-57(66)51-48-45-42-39-36-32-24-21-18-15-12-9-6-3/h7-8,10-11,16-17,19-21,24-26,28-29,31,35,54,58-61,63,67-68H,4-6,9,12-15,18,22-23,27,30,32-34,36-53H2,1-3H3,(H,69,70)/b10-7-,11-8-,19-16-,20-17-,24-21-,26-25-,29-28-,35-31-. The Morgan fingerprint density at radius 2 is 0.840 bits per heavy atom. The zero-order valence-electron chi connectivity index (χ0n) is 46.8. The SMILES string of the molecule is CC/C=C\C/C=C\C/C=C\C/C=C\CCCCCCCCC(=O)OCC(COC1OC(C(=O)O)C(O)C(O)C1OC(=O)CCCCCCC/C=C\CCCCCC)OC(=O)CCCCC/C=C\C/C=C\C/C=C\CC. The first kappa shape index (κ1) is 68.7. The van der Waals surface area contributed by atoms with Crippen LogP contribution in [0.15, 0.2) is 97.2 Å². The third kappa shape index (κ3) is 40.6. The maximum absolute atomic E-state index is 13.1. The number of esters is 3. The number of aliphatic hydroxyl groups excluding tert-OH is 2. The fourth-order valence-corrected chi connectivity index (χ4v) is 8.19. The van der Waals surface area contributed by atoms with Crippen molar-refractivity contribution in [2.24, 2.45) is 0 Å². The van der Waals surface area contributed by atoms with Gasteiger partial charge in [0.15, 0.2) is 24.6 Å². The van der Waals surface area contributed by atoms with E-state index in [1.165, 1.54) is 25.7 Å². The van der Waals surface area contributed by atoms with Gasteiger partial charge < -0.3 is 39.0 Å². The molecule has 1 aliphatic rings. The van der Waals surface area contributed by atoms with Gasteiger partial charge in [-0.2, -0.15) is 0 Å². The first-order valence-electron chi connectivity index (χ1n) is 29.2. The number of aliphatic hydroxyl groups is 2. The lowest BCUT2D eigenvalue weighted by Gasteiger charge is -2.40. The normalized spacial score (nSPS) is 18.9. The van der Waals surface area contributed by atoms with Crippen molar-refractivity contribution in [1.82, 2.24) is 0 Å². The van der Waals surface area contributed by atoms with E-state index in [1.54, 1.807) is 0 Å². The highest BCUT2D eigenvalue weighted by Crippen LogP contribution is 2.26. The van der Waals surface area contributed by atoms with Crippen molar-refractivity contribution < 1.29 is 58.2 Å². The van der Waals surface area contributed by atoms with Gasteiger partial charge in [0, 0.05) is 19.3 Å². The maximum Gasteiger partial charge on any atom is 0.335 e. The Bertz CT molecular complexity index is 1670. The number of carboxylic acids is 1. The zero-order chi connectivity index (χ0) is 54.7. The lowest BCUT2D eigenvalue weighted by atomic mass is 9.98. The zero-order valence-corrected chi connectivity index (χ0v) is 46.8. The predicted molar refractivity (Wildman–Crippen MR) is 303 cm³/mol. The fraction of sp³-hybridized carbons (Fsp3) is 0.683. The van der Waals surface area contributed by atoms with Gasteiger partial charge in [0.1, 0.15) is 18.8 Å². The average Bonchev–Trinajstić information content (AvgIpc) is 3.39. The summed E-state index contributed by atoms with van der Waals surface area (Å²) in [6.07, 6.45) is 53.8. The molecule has 0 aliphatic carbocycles. The van der Waals surface area contributed by atoms with E-state index in [2.05, 4.69) is 118 Å². The number of unbranched alkanes of at least 4 members (excludes halogenated alkanes) is 18. The van der Waals surface area contributed by atoms with Crippen LogP contribution in [0.2, 0.25) is 0 Å². The molecule has 12 nitrogen and oxygen atoms in total. The highest BCUT2D eigenvalue weighted by molar-refractivity contribution is 5.74. The number of carbonyl (C=O) groups is 4. The van der Waals surface area contributed by atoms with Gasteiger partial charge in [-0.05, 0) is 116 Å². The molecule has 12 heteroatoms. The van der Waals surface area contributed by atoms with E-state index in [-0.39, 0.29) is 25.9 Å². The molecule has 1 fully saturated rings. The van der Waals surface area contributed by atoms with Crippen LogP contribution >= 0.6 is 0 Å². The Kier molecular flexibility index (Phi) is 46.2. The molecule has 3 N–H and O–H groups in total. The second kappa shape index (κ2) is 50.5. The maximum atomic E-state index is 13.1. The molecular formula is C63H102O12. The minimum atomic E-state index is -1.92. The van der Waals surface area contributed by atoms with Crippen LogP contribution in [0, 0.1) is 0 Å². The van der Waals surface area contributed by atoms with Crippen LogP contribution in [0.4, 0.5) is 0 Å². The summed E-state index contributed by atoms with van der Waals surface area (Å²) in [5.41, 5.74) is 0. The summed E-state index contributed by atoms with van der Waals surface area (Å²) in [7, 11) is 0. The van der Waals surface area contributed by atoms with Crippen molar-refractivity contribution >= 4 is 23.9 Å². The summed E-state index contributed by atoms with van der Waals surface area (Å²) in [5.74, 6) is -3.20.